The van der Waals surface area contributed by atoms with Crippen molar-refractivity contribution in [1.82, 2.24) is 0 Å². The molecule has 0 saturated heterocycles. The van der Waals surface area contributed by atoms with Crippen LogP contribution in [-0.2, 0) is 12.8 Å². The smallest absolute Gasteiger partial charge is 0.0820 e. The summed E-state index contributed by atoms with van der Waals surface area (Å²) < 4.78 is 0. The van der Waals surface area contributed by atoms with E-state index in [-0.39, 0.29) is 6.10 Å². The van der Waals surface area contributed by atoms with Crippen LogP contribution in [0.5, 0.6) is 0 Å². The summed E-state index contributed by atoms with van der Waals surface area (Å²) in [6, 6.07) is 6.69. The molecule has 2 rings (SSSR count). The van der Waals surface area contributed by atoms with Gasteiger partial charge in [-0.05, 0) is 48.3 Å². The summed E-state index contributed by atoms with van der Waals surface area (Å²) >= 11 is 0. The van der Waals surface area contributed by atoms with Gasteiger partial charge in [0.25, 0.3) is 0 Å². The first-order valence-electron chi connectivity index (χ1n) is 8.56. The highest BCUT2D eigenvalue weighted by Crippen LogP contribution is 2.34. The number of hydrogen-bond donors (Lipinski definition) is 1. The summed E-state index contributed by atoms with van der Waals surface area (Å²) in [4.78, 5) is 0. The number of benzene rings is 1. The molecular weight excluding hydrogens is 244 g/mol. The van der Waals surface area contributed by atoms with Gasteiger partial charge in [0.05, 0.1) is 6.10 Å². The Hall–Kier alpha value is -0.820. The Bertz CT molecular complexity index is 402. The van der Waals surface area contributed by atoms with E-state index in [4.69, 9.17) is 0 Å². The van der Waals surface area contributed by atoms with Crippen LogP contribution in [0.3, 0.4) is 0 Å². The Labute approximate surface area is 124 Å². The second kappa shape index (κ2) is 7.83. The molecular formula is C19H30O. The fraction of sp³-hybridized carbons (Fsp3) is 0.684. The molecule has 0 heterocycles. The van der Waals surface area contributed by atoms with E-state index in [1.807, 2.05) is 0 Å². The van der Waals surface area contributed by atoms with Gasteiger partial charge >= 0.3 is 0 Å². The first-order chi connectivity index (χ1) is 9.76. The van der Waals surface area contributed by atoms with E-state index in [1.54, 1.807) is 0 Å². The molecule has 0 radical (unpaired) electrons. The molecule has 1 atom stereocenters. The molecule has 1 N–H and O–H groups in total. The predicted molar refractivity (Wildman–Crippen MR) is 86.0 cm³/mol. The minimum atomic E-state index is -0.255. The van der Waals surface area contributed by atoms with Gasteiger partial charge in [0.1, 0.15) is 0 Å². The Kier molecular flexibility index (Phi) is 6.09. The highest BCUT2D eigenvalue weighted by atomic mass is 16.3. The zero-order valence-electron chi connectivity index (χ0n) is 13.2. The summed E-state index contributed by atoms with van der Waals surface area (Å²) in [6.45, 7) is 4.38. The first-order valence-corrected chi connectivity index (χ1v) is 8.56. The lowest BCUT2D eigenvalue weighted by Crippen LogP contribution is -2.16. The summed E-state index contributed by atoms with van der Waals surface area (Å²) in [5, 5.41) is 10.9. The molecule has 112 valence electrons. The van der Waals surface area contributed by atoms with E-state index in [2.05, 4.69) is 32.0 Å². The van der Waals surface area contributed by atoms with Gasteiger partial charge < -0.3 is 5.11 Å². The number of aliphatic hydroxyl groups excluding tert-OH is 1. The summed E-state index contributed by atoms with van der Waals surface area (Å²) in [5.74, 6) is 0.465. The molecule has 0 aliphatic heterocycles. The zero-order chi connectivity index (χ0) is 14.4. The van der Waals surface area contributed by atoms with E-state index in [0.29, 0.717) is 5.92 Å². The van der Waals surface area contributed by atoms with E-state index >= 15 is 0 Å². The second-order valence-electron chi connectivity index (χ2n) is 6.29. The lowest BCUT2D eigenvalue weighted by molar-refractivity contribution is 0.0904. The topological polar surface area (TPSA) is 20.2 Å². The van der Waals surface area contributed by atoms with Crippen molar-refractivity contribution in [3.05, 3.63) is 34.9 Å². The lowest BCUT2D eigenvalue weighted by atomic mass is 9.82. The minimum absolute atomic E-state index is 0.255. The second-order valence-corrected chi connectivity index (χ2v) is 6.29. The largest absolute Gasteiger partial charge is 0.388 e. The molecule has 0 amide bonds. The SMILES string of the molecule is CCc1ccc(CC)c(C(O)C2CCCCCCC2)c1. The van der Waals surface area contributed by atoms with Crippen molar-refractivity contribution in [1.29, 1.82) is 0 Å². The number of hydrogen-bond acceptors (Lipinski definition) is 1. The molecule has 0 bridgehead atoms. The Morgan fingerprint density at radius 2 is 1.65 bits per heavy atom. The zero-order valence-corrected chi connectivity index (χ0v) is 13.2. The molecule has 1 heteroatoms. The van der Waals surface area contributed by atoms with Gasteiger partial charge in [-0.2, -0.15) is 0 Å². The van der Waals surface area contributed by atoms with Crippen LogP contribution in [-0.4, -0.2) is 5.11 Å². The molecule has 0 spiro atoms. The molecule has 20 heavy (non-hydrogen) atoms. The van der Waals surface area contributed by atoms with E-state index in [1.165, 1.54) is 61.6 Å². The number of aryl methyl sites for hydroxylation is 2. The molecule has 1 unspecified atom stereocenters. The van der Waals surface area contributed by atoms with Gasteiger partial charge in [0.2, 0.25) is 0 Å². The van der Waals surface area contributed by atoms with Gasteiger partial charge in [-0.15, -0.1) is 0 Å². The van der Waals surface area contributed by atoms with Crippen molar-refractivity contribution in [3.8, 4) is 0 Å². The number of rotatable bonds is 4. The third-order valence-electron chi connectivity index (χ3n) is 4.91. The molecule has 1 aromatic carbocycles. The molecule has 0 aromatic heterocycles. The standard InChI is InChI=1S/C19H30O/c1-3-15-12-13-16(4-2)18(14-15)19(20)17-10-8-6-5-7-9-11-17/h12-14,17,19-20H,3-11H2,1-2H3. The van der Waals surface area contributed by atoms with Gasteiger partial charge in [-0.3, -0.25) is 0 Å². The van der Waals surface area contributed by atoms with Crippen molar-refractivity contribution in [2.45, 2.75) is 77.7 Å². The molecule has 1 saturated carbocycles. The van der Waals surface area contributed by atoms with Gasteiger partial charge in [-0.1, -0.05) is 64.2 Å². The maximum Gasteiger partial charge on any atom is 0.0820 e. The van der Waals surface area contributed by atoms with Crippen LogP contribution in [0.2, 0.25) is 0 Å². The maximum absolute atomic E-state index is 10.9. The lowest BCUT2D eigenvalue weighted by Gasteiger charge is -2.27. The first kappa shape index (κ1) is 15.6. The quantitative estimate of drug-likeness (QED) is 0.799. The number of aliphatic hydroxyl groups is 1. The average molecular weight is 274 g/mol. The molecule has 1 aliphatic carbocycles. The summed E-state index contributed by atoms with van der Waals surface area (Å²) in [7, 11) is 0. The van der Waals surface area contributed by atoms with Crippen molar-refractivity contribution in [2.24, 2.45) is 5.92 Å². The Morgan fingerprint density at radius 1 is 1.00 bits per heavy atom. The van der Waals surface area contributed by atoms with Crippen molar-refractivity contribution in [2.75, 3.05) is 0 Å². The third kappa shape index (κ3) is 3.85. The van der Waals surface area contributed by atoms with Crippen LogP contribution in [0, 0.1) is 5.92 Å². The fourth-order valence-corrected chi connectivity index (χ4v) is 3.52. The van der Waals surface area contributed by atoms with Gasteiger partial charge in [0.15, 0.2) is 0 Å². The van der Waals surface area contributed by atoms with E-state index in [0.717, 1.165) is 12.8 Å². The van der Waals surface area contributed by atoms with E-state index < -0.39 is 0 Å². The molecule has 1 fully saturated rings. The fourth-order valence-electron chi connectivity index (χ4n) is 3.52. The average Bonchev–Trinajstić information content (AvgIpc) is 2.45. The normalized spacial score (nSPS) is 19.4. The van der Waals surface area contributed by atoms with Crippen molar-refractivity contribution < 1.29 is 5.11 Å². The maximum atomic E-state index is 10.9. The third-order valence-corrected chi connectivity index (χ3v) is 4.91. The van der Waals surface area contributed by atoms with Crippen LogP contribution in [0.15, 0.2) is 18.2 Å². The van der Waals surface area contributed by atoms with Crippen LogP contribution in [0.4, 0.5) is 0 Å². The molecule has 1 aromatic rings. The van der Waals surface area contributed by atoms with Gasteiger partial charge in [0, 0.05) is 0 Å². The van der Waals surface area contributed by atoms with E-state index in [9.17, 15) is 5.11 Å². The van der Waals surface area contributed by atoms with Crippen LogP contribution < -0.4 is 0 Å². The highest BCUT2D eigenvalue weighted by Gasteiger charge is 2.23. The molecule has 1 nitrogen and oxygen atoms in total. The Morgan fingerprint density at radius 3 is 2.25 bits per heavy atom. The van der Waals surface area contributed by atoms with Crippen molar-refractivity contribution in [3.63, 3.8) is 0 Å². The molecule has 1 aliphatic rings. The highest BCUT2D eigenvalue weighted by molar-refractivity contribution is 5.34. The van der Waals surface area contributed by atoms with Crippen LogP contribution in [0.25, 0.3) is 0 Å². The monoisotopic (exact) mass is 274 g/mol. The van der Waals surface area contributed by atoms with Gasteiger partial charge in [-0.25, -0.2) is 0 Å². The van der Waals surface area contributed by atoms with Crippen LogP contribution in [0.1, 0.15) is 81.6 Å². The Balaban J connectivity index is 2.18. The van der Waals surface area contributed by atoms with Crippen molar-refractivity contribution >= 4 is 0 Å². The summed E-state index contributed by atoms with van der Waals surface area (Å²) in [5.41, 5.74) is 3.89. The predicted octanol–water partition coefficient (Wildman–Crippen LogP) is 5.21. The minimum Gasteiger partial charge on any atom is -0.388 e. The van der Waals surface area contributed by atoms with Crippen LogP contribution >= 0.6 is 0 Å². The summed E-state index contributed by atoms with van der Waals surface area (Å²) in [6.07, 6.45) is 10.9.